The number of hydrogen-bond acceptors (Lipinski definition) is 5. The van der Waals surface area contributed by atoms with E-state index in [9.17, 15) is 4.39 Å². The summed E-state index contributed by atoms with van der Waals surface area (Å²) in [6.45, 7) is 1.90. The maximum absolute atomic E-state index is 14.0. The average Bonchev–Trinajstić information content (AvgIpc) is 3.15. The molecule has 0 N–H and O–H groups in total. The molecule has 0 aliphatic carbocycles. The lowest BCUT2D eigenvalue weighted by atomic mass is 10.1. The molecule has 0 spiro atoms. The van der Waals surface area contributed by atoms with Gasteiger partial charge in [-0.25, -0.2) is 14.4 Å². The summed E-state index contributed by atoms with van der Waals surface area (Å²) in [6, 6.07) is 13.6. The van der Waals surface area contributed by atoms with E-state index in [1.807, 2.05) is 17.8 Å². The van der Waals surface area contributed by atoms with Gasteiger partial charge in [0.15, 0.2) is 11.6 Å². The number of thioether (sulfide) groups is 1. The Morgan fingerprint density at radius 2 is 2.08 bits per heavy atom. The van der Waals surface area contributed by atoms with Gasteiger partial charge in [-0.1, -0.05) is 18.2 Å². The van der Waals surface area contributed by atoms with Crippen molar-refractivity contribution in [2.24, 2.45) is 5.92 Å². The van der Waals surface area contributed by atoms with Crippen LogP contribution in [0.5, 0.6) is 5.75 Å². The summed E-state index contributed by atoms with van der Waals surface area (Å²) in [7, 11) is 1.47. The van der Waals surface area contributed by atoms with Crippen molar-refractivity contribution < 1.29 is 9.13 Å². The molecule has 1 aliphatic heterocycles. The SMILES string of the molecule is COc1cc2c(N3CCC(CSc4ccccc4)C3)ncnc2cc1F. The molecule has 3 aromatic rings. The van der Waals surface area contributed by atoms with Crippen LogP contribution in [0.1, 0.15) is 6.42 Å². The standard InChI is InChI=1S/C20H20FN3OS/c1-25-19-9-16-18(10-17(19)21)22-13-23-20(16)24-8-7-14(11-24)12-26-15-5-3-2-4-6-15/h2-6,9-10,13-14H,7-8,11-12H2,1H3. The van der Waals surface area contributed by atoms with Gasteiger partial charge in [0.2, 0.25) is 0 Å². The summed E-state index contributed by atoms with van der Waals surface area (Å²) in [4.78, 5) is 12.3. The molecular weight excluding hydrogens is 349 g/mol. The normalized spacial score (nSPS) is 17.0. The Labute approximate surface area is 156 Å². The third-order valence-electron chi connectivity index (χ3n) is 4.70. The fourth-order valence-electron chi connectivity index (χ4n) is 3.34. The number of methoxy groups -OCH3 is 1. The van der Waals surface area contributed by atoms with Gasteiger partial charge in [0.25, 0.3) is 0 Å². The summed E-state index contributed by atoms with van der Waals surface area (Å²) < 4.78 is 19.1. The molecule has 4 nitrogen and oxygen atoms in total. The van der Waals surface area contributed by atoms with E-state index in [1.165, 1.54) is 24.4 Å². The molecule has 1 fully saturated rings. The molecule has 2 aromatic carbocycles. The maximum atomic E-state index is 14.0. The number of benzene rings is 2. The highest BCUT2D eigenvalue weighted by Crippen LogP contribution is 2.33. The van der Waals surface area contributed by atoms with Crippen LogP contribution in [-0.2, 0) is 0 Å². The van der Waals surface area contributed by atoms with E-state index in [0.717, 1.165) is 36.5 Å². The average molecular weight is 369 g/mol. The fraction of sp³-hybridized carbons (Fsp3) is 0.300. The molecule has 1 aliphatic rings. The predicted octanol–water partition coefficient (Wildman–Crippen LogP) is 4.40. The smallest absolute Gasteiger partial charge is 0.167 e. The van der Waals surface area contributed by atoms with Crippen LogP contribution in [0.15, 0.2) is 53.7 Å². The zero-order chi connectivity index (χ0) is 17.9. The zero-order valence-corrected chi connectivity index (χ0v) is 15.4. The summed E-state index contributed by atoms with van der Waals surface area (Å²) in [6.07, 6.45) is 2.64. The minimum absolute atomic E-state index is 0.226. The van der Waals surface area contributed by atoms with Crippen molar-refractivity contribution in [1.29, 1.82) is 0 Å². The Bertz CT molecular complexity index is 906. The highest BCUT2D eigenvalue weighted by Gasteiger charge is 2.25. The lowest BCUT2D eigenvalue weighted by Crippen LogP contribution is -2.21. The molecular formula is C20H20FN3OS. The van der Waals surface area contributed by atoms with Crippen LogP contribution < -0.4 is 9.64 Å². The van der Waals surface area contributed by atoms with E-state index in [1.54, 1.807) is 6.07 Å². The molecule has 6 heteroatoms. The monoisotopic (exact) mass is 369 g/mol. The molecule has 1 aromatic heterocycles. The van der Waals surface area contributed by atoms with Gasteiger partial charge in [0, 0.05) is 35.2 Å². The van der Waals surface area contributed by atoms with E-state index in [-0.39, 0.29) is 5.75 Å². The Balaban J connectivity index is 1.51. The van der Waals surface area contributed by atoms with Gasteiger partial charge in [-0.2, -0.15) is 0 Å². The number of halogens is 1. The number of aromatic nitrogens is 2. The second kappa shape index (κ2) is 7.50. The Morgan fingerprint density at radius 1 is 1.23 bits per heavy atom. The highest BCUT2D eigenvalue weighted by molar-refractivity contribution is 7.99. The third kappa shape index (κ3) is 3.46. The van der Waals surface area contributed by atoms with Crippen molar-refractivity contribution in [1.82, 2.24) is 9.97 Å². The molecule has 0 amide bonds. The second-order valence-electron chi connectivity index (χ2n) is 6.43. The zero-order valence-electron chi connectivity index (χ0n) is 14.6. The van der Waals surface area contributed by atoms with Gasteiger partial charge in [-0.15, -0.1) is 11.8 Å². The van der Waals surface area contributed by atoms with E-state index >= 15 is 0 Å². The van der Waals surface area contributed by atoms with Crippen LogP contribution >= 0.6 is 11.8 Å². The molecule has 134 valence electrons. The number of anilines is 1. The largest absolute Gasteiger partial charge is 0.494 e. The lowest BCUT2D eigenvalue weighted by molar-refractivity contribution is 0.387. The first kappa shape index (κ1) is 17.1. The molecule has 1 saturated heterocycles. The molecule has 1 atom stereocenters. The van der Waals surface area contributed by atoms with Gasteiger partial charge in [0.1, 0.15) is 12.1 Å². The van der Waals surface area contributed by atoms with Crippen LogP contribution in [-0.4, -0.2) is 35.9 Å². The van der Waals surface area contributed by atoms with Crippen molar-refractivity contribution >= 4 is 28.5 Å². The maximum Gasteiger partial charge on any atom is 0.167 e. The van der Waals surface area contributed by atoms with E-state index in [4.69, 9.17) is 4.74 Å². The van der Waals surface area contributed by atoms with Crippen molar-refractivity contribution in [3.05, 3.63) is 54.6 Å². The summed E-state index contributed by atoms with van der Waals surface area (Å²) in [5.41, 5.74) is 0.607. The van der Waals surface area contributed by atoms with Crippen molar-refractivity contribution in [2.45, 2.75) is 11.3 Å². The van der Waals surface area contributed by atoms with Gasteiger partial charge < -0.3 is 9.64 Å². The van der Waals surface area contributed by atoms with E-state index in [0.29, 0.717) is 11.4 Å². The minimum Gasteiger partial charge on any atom is -0.494 e. The number of hydrogen-bond donors (Lipinski definition) is 0. The quantitative estimate of drug-likeness (QED) is 0.624. The van der Waals surface area contributed by atoms with Crippen LogP contribution in [0.4, 0.5) is 10.2 Å². The van der Waals surface area contributed by atoms with E-state index < -0.39 is 5.82 Å². The highest BCUT2D eigenvalue weighted by atomic mass is 32.2. The molecule has 0 bridgehead atoms. The Morgan fingerprint density at radius 3 is 2.88 bits per heavy atom. The number of ether oxygens (including phenoxy) is 1. The topological polar surface area (TPSA) is 38.2 Å². The first-order valence-electron chi connectivity index (χ1n) is 8.65. The van der Waals surface area contributed by atoms with Crippen LogP contribution in [0, 0.1) is 11.7 Å². The lowest BCUT2D eigenvalue weighted by Gasteiger charge is -2.19. The molecule has 4 rings (SSSR count). The fourth-order valence-corrected chi connectivity index (χ4v) is 4.39. The molecule has 0 saturated carbocycles. The molecule has 26 heavy (non-hydrogen) atoms. The summed E-state index contributed by atoms with van der Waals surface area (Å²) in [5, 5.41) is 0.835. The van der Waals surface area contributed by atoms with Gasteiger partial charge in [-0.3, -0.25) is 0 Å². The number of rotatable bonds is 5. The number of fused-ring (bicyclic) bond motifs is 1. The first-order valence-corrected chi connectivity index (χ1v) is 9.64. The third-order valence-corrected chi connectivity index (χ3v) is 5.95. The van der Waals surface area contributed by atoms with Crippen molar-refractivity contribution in [2.75, 3.05) is 30.9 Å². The van der Waals surface area contributed by atoms with E-state index in [2.05, 4.69) is 39.1 Å². The van der Waals surface area contributed by atoms with Crippen LogP contribution in [0.3, 0.4) is 0 Å². The van der Waals surface area contributed by atoms with Crippen LogP contribution in [0.25, 0.3) is 10.9 Å². The number of nitrogens with zero attached hydrogens (tertiary/aromatic N) is 3. The van der Waals surface area contributed by atoms with Crippen LogP contribution in [0.2, 0.25) is 0 Å². The summed E-state index contributed by atoms with van der Waals surface area (Å²) >= 11 is 1.90. The molecule has 1 unspecified atom stereocenters. The minimum atomic E-state index is -0.400. The van der Waals surface area contributed by atoms with Gasteiger partial charge in [-0.05, 0) is 30.5 Å². The summed E-state index contributed by atoms with van der Waals surface area (Å²) in [5.74, 6) is 2.38. The predicted molar refractivity (Wildman–Crippen MR) is 104 cm³/mol. The Hall–Kier alpha value is -2.34. The Kier molecular flexibility index (Phi) is 4.93. The first-order chi connectivity index (χ1) is 12.7. The molecule has 0 radical (unpaired) electrons. The van der Waals surface area contributed by atoms with Gasteiger partial charge in [0.05, 0.1) is 12.6 Å². The van der Waals surface area contributed by atoms with Crippen molar-refractivity contribution in [3.63, 3.8) is 0 Å². The second-order valence-corrected chi connectivity index (χ2v) is 7.52. The van der Waals surface area contributed by atoms with Gasteiger partial charge >= 0.3 is 0 Å². The van der Waals surface area contributed by atoms with Crippen molar-refractivity contribution in [3.8, 4) is 5.75 Å². The molecule has 2 heterocycles.